The molecule has 3 nitrogen and oxygen atoms in total. The van der Waals surface area contributed by atoms with Gasteiger partial charge in [0.25, 0.3) is 0 Å². The summed E-state index contributed by atoms with van der Waals surface area (Å²) in [5.74, 6) is 1.72. The number of thioether (sulfide) groups is 1. The SMILES string of the molecule is Cn1ccnc1CCC(=O)CSc1ccccc1Br. The molecule has 0 aliphatic carbocycles. The maximum absolute atomic E-state index is 11.9. The monoisotopic (exact) mass is 338 g/mol. The number of carbonyl (C=O) groups excluding carboxylic acids is 1. The molecular formula is C14H15BrN2OS. The Bertz CT molecular complexity index is 568. The first-order valence-corrected chi connectivity index (χ1v) is 7.80. The van der Waals surface area contributed by atoms with Crippen LogP contribution < -0.4 is 0 Å². The topological polar surface area (TPSA) is 34.9 Å². The molecule has 0 aliphatic heterocycles. The van der Waals surface area contributed by atoms with Gasteiger partial charge in [-0.3, -0.25) is 4.79 Å². The molecule has 0 N–H and O–H groups in total. The minimum atomic E-state index is 0.253. The minimum absolute atomic E-state index is 0.253. The van der Waals surface area contributed by atoms with E-state index in [0.717, 1.165) is 15.2 Å². The van der Waals surface area contributed by atoms with Crippen molar-refractivity contribution in [1.29, 1.82) is 0 Å². The Morgan fingerprint density at radius 3 is 2.89 bits per heavy atom. The lowest BCUT2D eigenvalue weighted by atomic mass is 10.2. The quantitative estimate of drug-likeness (QED) is 0.756. The minimum Gasteiger partial charge on any atom is -0.338 e. The van der Waals surface area contributed by atoms with E-state index in [-0.39, 0.29) is 5.78 Å². The molecular weight excluding hydrogens is 324 g/mol. The molecule has 1 heterocycles. The summed E-state index contributed by atoms with van der Waals surface area (Å²) in [5, 5.41) is 0. The third-order valence-corrected chi connectivity index (χ3v) is 4.86. The Morgan fingerprint density at radius 2 is 2.21 bits per heavy atom. The summed E-state index contributed by atoms with van der Waals surface area (Å²) in [5.41, 5.74) is 0. The molecule has 0 radical (unpaired) electrons. The maximum atomic E-state index is 11.9. The van der Waals surface area contributed by atoms with Crippen LogP contribution in [0.3, 0.4) is 0 Å². The highest BCUT2D eigenvalue weighted by Crippen LogP contribution is 2.27. The second-order valence-electron chi connectivity index (χ2n) is 4.21. The van der Waals surface area contributed by atoms with Gasteiger partial charge >= 0.3 is 0 Å². The number of benzene rings is 1. The van der Waals surface area contributed by atoms with E-state index >= 15 is 0 Å². The molecule has 100 valence electrons. The van der Waals surface area contributed by atoms with Crippen LogP contribution in [-0.4, -0.2) is 21.1 Å². The number of carbonyl (C=O) groups is 1. The van der Waals surface area contributed by atoms with Crippen LogP contribution >= 0.6 is 27.7 Å². The largest absolute Gasteiger partial charge is 0.338 e. The Labute approximate surface area is 125 Å². The molecule has 19 heavy (non-hydrogen) atoms. The number of aromatic nitrogens is 2. The van der Waals surface area contributed by atoms with E-state index in [4.69, 9.17) is 0 Å². The summed E-state index contributed by atoms with van der Waals surface area (Å²) in [7, 11) is 1.95. The van der Waals surface area contributed by atoms with Gasteiger partial charge in [-0.15, -0.1) is 11.8 Å². The van der Waals surface area contributed by atoms with Crippen molar-refractivity contribution in [2.45, 2.75) is 17.7 Å². The molecule has 1 aromatic heterocycles. The molecule has 2 rings (SSSR count). The highest BCUT2D eigenvalue weighted by atomic mass is 79.9. The summed E-state index contributed by atoms with van der Waals surface area (Å²) >= 11 is 5.05. The number of hydrogen-bond acceptors (Lipinski definition) is 3. The molecule has 0 aliphatic rings. The lowest BCUT2D eigenvalue weighted by molar-refractivity contribution is -0.116. The molecule has 0 saturated carbocycles. The zero-order valence-electron chi connectivity index (χ0n) is 10.7. The molecule has 0 saturated heterocycles. The maximum Gasteiger partial charge on any atom is 0.143 e. The Morgan fingerprint density at radius 1 is 1.42 bits per heavy atom. The van der Waals surface area contributed by atoms with E-state index in [1.807, 2.05) is 42.1 Å². The number of ketones is 1. The third kappa shape index (κ3) is 4.21. The molecule has 5 heteroatoms. The predicted octanol–water partition coefficient (Wildman–Crippen LogP) is 3.48. The zero-order chi connectivity index (χ0) is 13.7. The van der Waals surface area contributed by atoms with Crippen molar-refractivity contribution in [3.05, 3.63) is 47.0 Å². The van der Waals surface area contributed by atoms with Crippen molar-refractivity contribution < 1.29 is 4.79 Å². The molecule has 0 spiro atoms. The van der Waals surface area contributed by atoms with Gasteiger partial charge in [0.15, 0.2) is 0 Å². The van der Waals surface area contributed by atoms with Crippen molar-refractivity contribution in [1.82, 2.24) is 9.55 Å². The van der Waals surface area contributed by atoms with E-state index in [1.165, 1.54) is 0 Å². The average Bonchev–Trinajstić information content (AvgIpc) is 2.81. The van der Waals surface area contributed by atoms with Crippen LogP contribution in [0.4, 0.5) is 0 Å². The van der Waals surface area contributed by atoms with Gasteiger partial charge in [-0.2, -0.15) is 0 Å². The van der Waals surface area contributed by atoms with Crippen LogP contribution in [0.15, 0.2) is 46.0 Å². The van der Waals surface area contributed by atoms with E-state index < -0.39 is 0 Å². The highest BCUT2D eigenvalue weighted by molar-refractivity contribution is 9.10. The van der Waals surface area contributed by atoms with Gasteiger partial charge in [0.1, 0.15) is 11.6 Å². The summed E-state index contributed by atoms with van der Waals surface area (Å²) in [6.07, 6.45) is 4.91. The van der Waals surface area contributed by atoms with Crippen LogP contribution in [0.1, 0.15) is 12.2 Å². The Hall–Kier alpha value is -1.07. The first-order chi connectivity index (χ1) is 9.16. The lowest BCUT2D eigenvalue weighted by Crippen LogP contribution is -2.06. The smallest absolute Gasteiger partial charge is 0.143 e. The van der Waals surface area contributed by atoms with Gasteiger partial charge in [0, 0.05) is 41.7 Å². The first kappa shape index (κ1) is 14.3. The number of imidazole rings is 1. The van der Waals surface area contributed by atoms with Crippen molar-refractivity contribution in [2.75, 3.05) is 5.75 Å². The standard InChI is InChI=1S/C14H15BrN2OS/c1-17-9-8-16-14(17)7-6-11(18)10-19-13-5-3-2-4-12(13)15/h2-5,8-9H,6-7,10H2,1H3. The van der Waals surface area contributed by atoms with Crippen LogP contribution in [0.25, 0.3) is 0 Å². The van der Waals surface area contributed by atoms with Crippen LogP contribution in [0.5, 0.6) is 0 Å². The molecule has 0 atom stereocenters. The van der Waals surface area contributed by atoms with Gasteiger partial charge in [-0.05, 0) is 28.1 Å². The third-order valence-electron chi connectivity index (χ3n) is 2.77. The Balaban J connectivity index is 1.79. The average molecular weight is 339 g/mol. The van der Waals surface area contributed by atoms with Gasteiger partial charge < -0.3 is 4.57 Å². The number of nitrogens with zero attached hydrogens (tertiary/aromatic N) is 2. The van der Waals surface area contributed by atoms with E-state index in [9.17, 15) is 4.79 Å². The van der Waals surface area contributed by atoms with Crippen LogP contribution in [0, 0.1) is 0 Å². The van der Waals surface area contributed by atoms with Gasteiger partial charge in [-0.25, -0.2) is 4.98 Å². The second-order valence-corrected chi connectivity index (χ2v) is 6.08. The highest BCUT2D eigenvalue weighted by Gasteiger charge is 2.07. The number of halogens is 1. The van der Waals surface area contributed by atoms with Crippen molar-refractivity contribution in [3.8, 4) is 0 Å². The van der Waals surface area contributed by atoms with Gasteiger partial charge in [-0.1, -0.05) is 12.1 Å². The van der Waals surface area contributed by atoms with E-state index in [1.54, 1.807) is 18.0 Å². The van der Waals surface area contributed by atoms with E-state index in [2.05, 4.69) is 20.9 Å². The van der Waals surface area contributed by atoms with Gasteiger partial charge in [0.05, 0.1) is 5.75 Å². The summed E-state index contributed by atoms with van der Waals surface area (Å²) in [6, 6.07) is 7.95. The zero-order valence-corrected chi connectivity index (χ0v) is 13.1. The normalized spacial score (nSPS) is 10.6. The molecule has 0 unspecified atom stereocenters. The number of aryl methyl sites for hydroxylation is 2. The fraction of sp³-hybridized carbons (Fsp3) is 0.286. The molecule has 0 bridgehead atoms. The second kappa shape index (κ2) is 6.91. The van der Waals surface area contributed by atoms with E-state index in [0.29, 0.717) is 18.6 Å². The lowest BCUT2D eigenvalue weighted by Gasteiger charge is -2.04. The molecule has 0 fully saturated rings. The molecule has 0 amide bonds. The summed E-state index contributed by atoms with van der Waals surface area (Å²) < 4.78 is 2.99. The van der Waals surface area contributed by atoms with Crippen LogP contribution in [-0.2, 0) is 18.3 Å². The van der Waals surface area contributed by atoms with Crippen molar-refractivity contribution in [2.24, 2.45) is 7.05 Å². The van der Waals surface area contributed by atoms with Crippen LogP contribution in [0.2, 0.25) is 0 Å². The van der Waals surface area contributed by atoms with Crippen molar-refractivity contribution >= 4 is 33.5 Å². The number of rotatable bonds is 6. The van der Waals surface area contributed by atoms with Crippen molar-refractivity contribution in [3.63, 3.8) is 0 Å². The van der Waals surface area contributed by atoms with Gasteiger partial charge in [0.2, 0.25) is 0 Å². The summed E-state index contributed by atoms with van der Waals surface area (Å²) in [6.45, 7) is 0. The fourth-order valence-electron chi connectivity index (χ4n) is 1.68. The molecule has 1 aromatic carbocycles. The predicted molar refractivity (Wildman–Crippen MR) is 81.4 cm³/mol. The first-order valence-electron chi connectivity index (χ1n) is 6.02. The number of Topliss-reactive ketones (excluding diaryl/α,β-unsaturated/α-hetero) is 1. The number of hydrogen-bond donors (Lipinski definition) is 0. The fourth-order valence-corrected chi connectivity index (χ4v) is 3.15. The Kier molecular flexibility index (Phi) is 5.22. The summed E-state index contributed by atoms with van der Waals surface area (Å²) in [4.78, 5) is 17.2. The molecule has 2 aromatic rings.